The fourth-order valence-electron chi connectivity index (χ4n) is 1.20. The van der Waals surface area contributed by atoms with Gasteiger partial charge in [0.05, 0.1) is 19.3 Å². The van der Waals surface area contributed by atoms with Crippen LogP contribution < -0.4 is 0 Å². The first-order valence-corrected chi connectivity index (χ1v) is 3.63. The number of aliphatic carboxylic acids is 1. The second kappa shape index (κ2) is 3.38. The molecular weight excluding hydrogens is 160 g/mol. The van der Waals surface area contributed by atoms with E-state index in [1.165, 1.54) is 13.2 Å². The van der Waals surface area contributed by atoms with Crippen molar-refractivity contribution < 1.29 is 19.4 Å². The highest BCUT2D eigenvalue weighted by Crippen LogP contribution is 2.24. The van der Waals surface area contributed by atoms with Crippen LogP contribution in [0.15, 0.2) is 11.8 Å². The number of carboxylic acids is 1. The minimum atomic E-state index is -0.945. The summed E-state index contributed by atoms with van der Waals surface area (Å²) in [6.45, 7) is 0. The molecule has 0 spiro atoms. The average molecular weight is 170 g/mol. The maximum atomic E-state index is 11.1. The van der Waals surface area contributed by atoms with Gasteiger partial charge in [-0.3, -0.25) is 9.59 Å². The number of ether oxygens (including phenoxy) is 1. The Morgan fingerprint density at radius 1 is 1.83 bits per heavy atom. The molecule has 0 fully saturated rings. The third-order valence-corrected chi connectivity index (χ3v) is 1.84. The van der Waals surface area contributed by atoms with Crippen molar-refractivity contribution in [2.45, 2.75) is 12.8 Å². The minimum absolute atomic E-state index is 0.109. The summed E-state index contributed by atoms with van der Waals surface area (Å²) in [6.07, 6.45) is 1.68. The van der Waals surface area contributed by atoms with Crippen LogP contribution in [0, 0.1) is 5.92 Å². The molecule has 1 aliphatic carbocycles. The Hall–Kier alpha value is -1.32. The van der Waals surface area contributed by atoms with Gasteiger partial charge in [-0.05, 0) is 0 Å². The summed E-state index contributed by atoms with van der Waals surface area (Å²) in [6, 6.07) is 0. The van der Waals surface area contributed by atoms with Crippen molar-refractivity contribution in [1.29, 1.82) is 0 Å². The van der Waals surface area contributed by atoms with Gasteiger partial charge in [-0.1, -0.05) is 0 Å². The van der Waals surface area contributed by atoms with E-state index < -0.39 is 11.9 Å². The van der Waals surface area contributed by atoms with Gasteiger partial charge in [0.15, 0.2) is 5.78 Å². The highest BCUT2D eigenvalue weighted by molar-refractivity contribution is 5.96. The van der Waals surface area contributed by atoms with Gasteiger partial charge in [0, 0.05) is 18.4 Å². The lowest BCUT2D eigenvalue weighted by Crippen LogP contribution is -2.12. The van der Waals surface area contributed by atoms with Gasteiger partial charge >= 0.3 is 5.97 Å². The first-order chi connectivity index (χ1) is 5.63. The van der Waals surface area contributed by atoms with Crippen LogP contribution in [-0.4, -0.2) is 24.0 Å². The van der Waals surface area contributed by atoms with E-state index in [0.717, 1.165) is 0 Å². The van der Waals surface area contributed by atoms with Gasteiger partial charge in [-0.15, -0.1) is 0 Å². The summed E-state index contributed by atoms with van der Waals surface area (Å²) in [7, 11) is 1.47. The number of allylic oxidation sites excluding steroid dienone is 2. The summed E-state index contributed by atoms with van der Waals surface area (Å²) < 4.78 is 4.84. The molecule has 0 aromatic carbocycles. The number of hydrogen-bond acceptors (Lipinski definition) is 3. The van der Waals surface area contributed by atoms with Gasteiger partial charge < -0.3 is 9.84 Å². The lowest BCUT2D eigenvalue weighted by molar-refractivity contribution is -0.139. The lowest BCUT2D eigenvalue weighted by atomic mass is 10.0. The molecule has 0 saturated heterocycles. The van der Waals surface area contributed by atoms with Crippen molar-refractivity contribution in [2.75, 3.05) is 7.11 Å². The number of hydrogen-bond donors (Lipinski definition) is 1. The molecule has 0 aliphatic heterocycles. The molecule has 0 bridgehead atoms. The van der Waals surface area contributed by atoms with Crippen LogP contribution in [0.3, 0.4) is 0 Å². The van der Waals surface area contributed by atoms with Gasteiger partial charge in [0.25, 0.3) is 0 Å². The molecule has 0 amide bonds. The normalized spacial score (nSPS) is 22.2. The van der Waals surface area contributed by atoms with Crippen molar-refractivity contribution >= 4 is 11.8 Å². The Bertz CT molecular complexity index is 241. The zero-order valence-electron chi connectivity index (χ0n) is 6.74. The largest absolute Gasteiger partial charge is 0.501 e. The summed E-state index contributed by atoms with van der Waals surface area (Å²) in [4.78, 5) is 21.3. The molecule has 1 N–H and O–H groups in total. The molecular formula is C8H10O4. The molecule has 0 radical (unpaired) electrons. The van der Waals surface area contributed by atoms with E-state index in [-0.39, 0.29) is 12.2 Å². The molecule has 0 aromatic rings. The molecule has 0 heterocycles. The first-order valence-electron chi connectivity index (χ1n) is 3.63. The average Bonchev–Trinajstić information content (AvgIpc) is 2.31. The quantitative estimate of drug-likeness (QED) is 0.672. The first kappa shape index (κ1) is 8.77. The molecule has 1 unspecified atom stereocenters. The van der Waals surface area contributed by atoms with Crippen LogP contribution in [0.4, 0.5) is 0 Å². The second-order valence-corrected chi connectivity index (χ2v) is 2.72. The van der Waals surface area contributed by atoms with Crippen LogP contribution in [0.25, 0.3) is 0 Å². The van der Waals surface area contributed by atoms with Crippen LogP contribution >= 0.6 is 0 Å². The highest BCUT2D eigenvalue weighted by atomic mass is 16.5. The van der Waals surface area contributed by atoms with Crippen molar-refractivity contribution in [3.05, 3.63) is 11.8 Å². The highest BCUT2D eigenvalue weighted by Gasteiger charge is 2.27. The minimum Gasteiger partial charge on any atom is -0.501 e. The van der Waals surface area contributed by atoms with E-state index in [4.69, 9.17) is 9.84 Å². The molecule has 66 valence electrons. The Balaban J connectivity index is 2.53. The number of methoxy groups -OCH3 is 1. The van der Waals surface area contributed by atoms with E-state index in [9.17, 15) is 9.59 Å². The monoisotopic (exact) mass is 170 g/mol. The van der Waals surface area contributed by atoms with Gasteiger partial charge in [-0.25, -0.2) is 0 Å². The van der Waals surface area contributed by atoms with Gasteiger partial charge in [-0.2, -0.15) is 0 Å². The Labute approximate surface area is 69.8 Å². The van der Waals surface area contributed by atoms with E-state index >= 15 is 0 Å². The summed E-state index contributed by atoms with van der Waals surface area (Å²) in [5, 5.41) is 8.43. The van der Waals surface area contributed by atoms with Crippen LogP contribution in [0.5, 0.6) is 0 Å². The molecule has 12 heavy (non-hydrogen) atoms. The molecule has 1 atom stereocenters. The van der Waals surface area contributed by atoms with Crippen molar-refractivity contribution in [3.63, 3.8) is 0 Å². The number of carbonyl (C=O) groups is 2. The molecule has 0 aromatic heterocycles. The Morgan fingerprint density at radius 2 is 2.50 bits per heavy atom. The third-order valence-electron chi connectivity index (χ3n) is 1.84. The smallest absolute Gasteiger partial charge is 0.304 e. The summed E-state index contributed by atoms with van der Waals surface area (Å²) in [5.74, 6) is -0.933. The molecule has 0 saturated carbocycles. The maximum Gasteiger partial charge on any atom is 0.304 e. The molecule has 4 heteroatoms. The van der Waals surface area contributed by atoms with Crippen molar-refractivity contribution in [3.8, 4) is 0 Å². The second-order valence-electron chi connectivity index (χ2n) is 2.72. The van der Waals surface area contributed by atoms with Crippen LogP contribution in [-0.2, 0) is 14.3 Å². The molecule has 4 nitrogen and oxygen atoms in total. The summed E-state index contributed by atoms with van der Waals surface area (Å²) >= 11 is 0. The lowest BCUT2D eigenvalue weighted by Gasteiger charge is -2.03. The van der Waals surface area contributed by atoms with E-state index in [2.05, 4.69) is 0 Å². The Kier molecular flexibility index (Phi) is 2.47. The standard InChI is InChI=1S/C8H10O4/c1-12-6-2-5(3-8(10)11)7(9)4-6/h4-5H,2-3H2,1H3,(H,10,11). The van der Waals surface area contributed by atoms with E-state index in [1.807, 2.05) is 0 Å². The molecule has 1 aliphatic rings. The predicted octanol–water partition coefficient (Wildman–Crippen LogP) is 0.580. The third kappa shape index (κ3) is 1.84. The van der Waals surface area contributed by atoms with Gasteiger partial charge in [0.2, 0.25) is 0 Å². The zero-order chi connectivity index (χ0) is 9.14. The van der Waals surface area contributed by atoms with E-state index in [0.29, 0.717) is 12.2 Å². The van der Waals surface area contributed by atoms with Crippen LogP contribution in [0.2, 0.25) is 0 Å². The van der Waals surface area contributed by atoms with E-state index in [1.54, 1.807) is 0 Å². The van der Waals surface area contributed by atoms with Crippen molar-refractivity contribution in [1.82, 2.24) is 0 Å². The van der Waals surface area contributed by atoms with Crippen LogP contribution in [0.1, 0.15) is 12.8 Å². The number of rotatable bonds is 3. The predicted molar refractivity (Wildman–Crippen MR) is 40.5 cm³/mol. The fourth-order valence-corrected chi connectivity index (χ4v) is 1.20. The summed E-state index contributed by atoms with van der Waals surface area (Å²) in [5.41, 5.74) is 0. The fraction of sp³-hybridized carbons (Fsp3) is 0.500. The zero-order valence-corrected chi connectivity index (χ0v) is 6.74. The number of carboxylic acid groups (broad SMARTS) is 1. The van der Waals surface area contributed by atoms with Gasteiger partial charge in [0.1, 0.15) is 0 Å². The topological polar surface area (TPSA) is 63.6 Å². The molecule has 1 rings (SSSR count). The van der Waals surface area contributed by atoms with Crippen molar-refractivity contribution in [2.24, 2.45) is 5.92 Å². The maximum absolute atomic E-state index is 11.1. The number of carbonyl (C=O) groups excluding carboxylic acids is 1. The Morgan fingerprint density at radius 3 is 2.92 bits per heavy atom. The SMILES string of the molecule is COC1=CC(=O)C(CC(=O)O)C1. The number of ketones is 1.